The van der Waals surface area contributed by atoms with E-state index in [-0.39, 0.29) is 6.04 Å². The van der Waals surface area contributed by atoms with Gasteiger partial charge in [-0.1, -0.05) is 26.3 Å². The van der Waals surface area contributed by atoms with Gasteiger partial charge in [0.05, 0.1) is 25.0 Å². The Morgan fingerprint density at radius 1 is 1.18 bits per heavy atom. The van der Waals surface area contributed by atoms with Crippen LogP contribution in [-0.4, -0.2) is 54.5 Å². The van der Waals surface area contributed by atoms with E-state index in [2.05, 4.69) is 54.3 Å². The molecule has 232 valence electrons. The average molecular weight is 597 g/mol. The van der Waals surface area contributed by atoms with Crippen LogP contribution in [0.5, 0.6) is 11.5 Å². The summed E-state index contributed by atoms with van der Waals surface area (Å²) in [7, 11) is 0. The molecule has 1 saturated heterocycles. The average Bonchev–Trinajstić information content (AvgIpc) is 3.03. The smallest absolute Gasteiger partial charge is 0.172 e. The van der Waals surface area contributed by atoms with Crippen molar-refractivity contribution in [1.29, 1.82) is 0 Å². The number of hydrogen-bond acceptors (Lipinski definition) is 8. The monoisotopic (exact) mass is 596 g/mol. The fourth-order valence-electron chi connectivity index (χ4n) is 5.28. The molecule has 1 N–H and O–H groups in total. The van der Waals surface area contributed by atoms with Gasteiger partial charge in [-0.15, -0.1) is 0 Å². The topological polar surface area (TPSA) is 83.8 Å². The zero-order valence-corrected chi connectivity index (χ0v) is 26.8. The number of aromatic nitrogens is 1. The van der Waals surface area contributed by atoms with Gasteiger partial charge in [0, 0.05) is 36.9 Å². The summed E-state index contributed by atoms with van der Waals surface area (Å²) in [6, 6.07) is 8.31. The summed E-state index contributed by atoms with van der Waals surface area (Å²) >= 11 is 0. The molecule has 0 radical (unpaired) electrons. The first-order valence-corrected chi connectivity index (χ1v) is 15.6. The lowest BCUT2D eigenvalue weighted by Gasteiger charge is -2.40. The number of nitrogens with one attached hydrogen (secondary N) is 1. The Hall–Kier alpha value is -4.37. The fourth-order valence-corrected chi connectivity index (χ4v) is 5.28. The molecule has 9 nitrogen and oxygen atoms in total. The summed E-state index contributed by atoms with van der Waals surface area (Å²) in [5.74, 6) is 3.89. The van der Waals surface area contributed by atoms with Gasteiger partial charge in [-0.2, -0.15) is 5.10 Å². The lowest BCUT2D eigenvalue weighted by Crippen LogP contribution is -2.51. The highest BCUT2D eigenvalue weighted by atomic mass is 16.5. The molecule has 44 heavy (non-hydrogen) atoms. The predicted molar refractivity (Wildman–Crippen MR) is 179 cm³/mol. The van der Waals surface area contributed by atoms with Crippen molar-refractivity contribution in [3.8, 4) is 11.5 Å². The number of hydrazone groups is 1. The van der Waals surface area contributed by atoms with Gasteiger partial charge in [0.1, 0.15) is 23.8 Å². The predicted octanol–water partition coefficient (Wildman–Crippen LogP) is 7.25. The zero-order chi connectivity index (χ0) is 31.1. The third-order valence-electron chi connectivity index (χ3n) is 7.86. The maximum atomic E-state index is 6.36. The van der Waals surface area contributed by atoms with E-state index in [1.165, 1.54) is 5.57 Å². The van der Waals surface area contributed by atoms with E-state index >= 15 is 0 Å². The SMILES string of the molecule is C/C=N\N1C=CC(Oc2ccc(NC(=N/C=C/CCC)c3nc4c(cc3C)OCC3COCCN43)cc2C)=CC1=C(C)CC. The molecule has 3 aliphatic heterocycles. The molecule has 1 unspecified atom stereocenters. The van der Waals surface area contributed by atoms with E-state index < -0.39 is 0 Å². The molecule has 5 rings (SSSR count). The summed E-state index contributed by atoms with van der Waals surface area (Å²) in [5.41, 5.74) is 5.94. The number of anilines is 2. The number of aliphatic imine (C=N–C) groups is 1. The molecule has 0 amide bonds. The lowest BCUT2D eigenvalue weighted by atomic mass is 10.1. The highest BCUT2D eigenvalue weighted by molar-refractivity contribution is 6.08. The number of benzene rings is 1. The highest BCUT2D eigenvalue weighted by Crippen LogP contribution is 2.35. The van der Waals surface area contributed by atoms with Crippen molar-refractivity contribution in [2.75, 3.05) is 36.6 Å². The van der Waals surface area contributed by atoms with Crippen LogP contribution < -0.4 is 19.7 Å². The van der Waals surface area contributed by atoms with Gasteiger partial charge in [-0.05, 0) is 87.6 Å². The molecule has 0 bridgehead atoms. The highest BCUT2D eigenvalue weighted by Gasteiger charge is 2.32. The molecule has 0 spiro atoms. The van der Waals surface area contributed by atoms with E-state index in [9.17, 15) is 0 Å². The van der Waals surface area contributed by atoms with Crippen LogP contribution in [0.3, 0.4) is 0 Å². The lowest BCUT2D eigenvalue weighted by molar-refractivity contribution is 0.0697. The Bertz CT molecular complexity index is 1540. The van der Waals surface area contributed by atoms with E-state index in [1.54, 1.807) is 6.21 Å². The number of morpholine rings is 1. The molecule has 2 aromatic rings. The van der Waals surface area contributed by atoms with Crippen molar-refractivity contribution >= 4 is 23.6 Å². The molecule has 1 aromatic carbocycles. The van der Waals surface area contributed by atoms with Crippen LogP contribution in [0.2, 0.25) is 0 Å². The number of hydrogen-bond donors (Lipinski definition) is 1. The number of rotatable bonds is 9. The second-order valence-corrected chi connectivity index (χ2v) is 11.2. The van der Waals surface area contributed by atoms with Gasteiger partial charge in [0.25, 0.3) is 0 Å². The maximum absolute atomic E-state index is 6.36. The fraction of sp³-hybridized carbons (Fsp3) is 0.400. The Morgan fingerprint density at radius 3 is 2.82 bits per heavy atom. The molecule has 9 heteroatoms. The summed E-state index contributed by atoms with van der Waals surface area (Å²) in [6.07, 6.45) is 14.6. The van der Waals surface area contributed by atoms with Crippen LogP contribution in [0.15, 0.2) is 82.0 Å². The molecule has 4 heterocycles. The second kappa shape index (κ2) is 14.4. The van der Waals surface area contributed by atoms with Crippen molar-refractivity contribution < 1.29 is 14.2 Å². The van der Waals surface area contributed by atoms with Crippen LogP contribution in [0.25, 0.3) is 0 Å². The van der Waals surface area contributed by atoms with E-state index in [1.807, 2.05) is 62.5 Å². The van der Waals surface area contributed by atoms with Gasteiger partial charge in [-0.25, -0.2) is 15.0 Å². The van der Waals surface area contributed by atoms with Gasteiger partial charge in [0.2, 0.25) is 0 Å². The molecular weight excluding hydrogens is 552 g/mol. The summed E-state index contributed by atoms with van der Waals surface area (Å²) < 4.78 is 18.1. The Morgan fingerprint density at radius 2 is 2.05 bits per heavy atom. The van der Waals surface area contributed by atoms with E-state index in [4.69, 9.17) is 24.2 Å². The minimum Gasteiger partial charge on any atom is -0.487 e. The minimum absolute atomic E-state index is 0.168. The van der Waals surface area contributed by atoms with Crippen LogP contribution in [0, 0.1) is 13.8 Å². The van der Waals surface area contributed by atoms with Gasteiger partial charge >= 0.3 is 0 Å². The van der Waals surface area contributed by atoms with Gasteiger partial charge in [0.15, 0.2) is 17.4 Å². The summed E-state index contributed by atoms with van der Waals surface area (Å²) in [6.45, 7) is 15.1. The number of unbranched alkanes of at least 4 members (excludes halogenated alkanes) is 1. The number of nitrogens with zero attached hydrogens (tertiary/aromatic N) is 5. The van der Waals surface area contributed by atoms with Gasteiger partial charge < -0.3 is 24.4 Å². The minimum atomic E-state index is 0.168. The quantitative estimate of drug-likeness (QED) is 0.241. The maximum Gasteiger partial charge on any atom is 0.172 e. The Kier molecular flexibility index (Phi) is 10.2. The molecule has 0 saturated carbocycles. The third kappa shape index (κ3) is 7.05. The van der Waals surface area contributed by atoms with Crippen molar-refractivity contribution in [2.24, 2.45) is 10.1 Å². The summed E-state index contributed by atoms with van der Waals surface area (Å²) in [5, 5.41) is 9.89. The standard InChI is InChI=1S/C35H44N6O3/c1-7-10-11-15-36-34(33-26(6)20-32-35(39-33)40-17-18-42-22-28(40)23-43-32)38-27-12-13-31(25(5)19-27)44-29-14-16-41(37-9-3)30(21-29)24(4)8-2/h9,11-16,19-21,28H,7-8,10,17-18,22-23H2,1-6H3,(H,36,38)/b15-11+,30-24?,37-9-. The van der Waals surface area contributed by atoms with Crippen molar-refractivity contribution in [2.45, 2.75) is 66.8 Å². The van der Waals surface area contributed by atoms with E-state index in [0.29, 0.717) is 25.7 Å². The first kappa shape index (κ1) is 31.1. The largest absolute Gasteiger partial charge is 0.487 e. The molecular formula is C35H44N6O3. The number of fused-ring (bicyclic) bond motifs is 3. The second-order valence-electron chi connectivity index (χ2n) is 11.2. The van der Waals surface area contributed by atoms with Gasteiger partial charge in [-0.3, -0.25) is 0 Å². The number of allylic oxidation sites excluding steroid dienone is 4. The van der Waals surface area contributed by atoms with E-state index in [0.717, 1.165) is 77.1 Å². The molecule has 1 fully saturated rings. The molecule has 3 aliphatic rings. The Balaban J connectivity index is 1.41. The van der Waals surface area contributed by atoms with Crippen LogP contribution in [0.1, 0.15) is 63.8 Å². The number of amidine groups is 1. The number of aryl methyl sites for hydroxylation is 2. The normalized spacial score (nSPS) is 19.5. The van der Waals surface area contributed by atoms with Crippen LogP contribution in [-0.2, 0) is 4.74 Å². The number of pyridine rings is 1. The molecule has 1 aromatic heterocycles. The van der Waals surface area contributed by atoms with Crippen molar-refractivity contribution in [3.63, 3.8) is 0 Å². The van der Waals surface area contributed by atoms with Crippen LogP contribution >= 0.6 is 0 Å². The summed E-state index contributed by atoms with van der Waals surface area (Å²) in [4.78, 5) is 12.3. The third-order valence-corrected chi connectivity index (χ3v) is 7.86. The van der Waals surface area contributed by atoms with Crippen molar-refractivity contribution in [3.05, 3.63) is 88.7 Å². The van der Waals surface area contributed by atoms with Crippen molar-refractivity contribution in [1.82, 2.24) is 9.99 Å². The van der Waals surface area contributed by atoms with Crippen LogP contribution in [0.4, 0.5) is 11.5 Å². The molecule has 0 aliphatic carbocycles. The Labute approximate surface area is 261 Å². The first-order chi connectivity index (χ1) is 21.4. The number of ether oxygens (including phenoxy) is 3. The first-order valence-electron chi connectivity index (χ1n) is 15.6. The zero-order valence-electron chi connectivity index (χ0n) is 26.8. The molecule has 1 atom stereocenters.